The Hall–Kier alpha value is -1.11. The van der Waals surface area contributed by atoms with Crippen molar-refractivity contribution in [1.29, 1.82) is 0 Å². The molecule has 0 spiro atoms. The summed E-state index contributed by atoms with van der Waals surface area (Å²) in [5.41, 5.74) is 0. The lowest BCUT2D eigenvalue weighted by Crippen LogP contribution is -2.36. The first kappa shape index (κ1) is 14.0. The third-order valence-electron chi connectivity index (χ3n) is 2.76. The molecular formula is C10H17NO5S. The van der Waals surface area contributed by atoms with Gasteiger partial charge >= 0.3 is 5.97 Å². The molecular weight excluding hydrogens is 246 g/mol. The Morgan fingerprint density at radius 2 is 1.94 bits per heavy atom. The molecule has 0 saturated heterocycles. The van der Waals surface area contributed by atoms with Crippen molar-refractivity contribution >= 4 is 21.7 Å². The van der Waals surface area contributed by atoms with Crippen molar-refractivity contribution in [2.24, 2.45) is 5.92 Å². The quantitative estimate of drug-likeness (QED) is 0.713. The first-order valence-corrected chi connectivity index (χ1v) is 7.24. The second-order valence-corrected chi connectivity index (χ2v) is 6.64. The van der Waals surface area contributed by atoms with Gasteiger partial charge in [0, 0.05) is 13.1 Å². The van der Waals surface area contributed by atoms with Crippen molar-refractivity contribution < 1.29 is 23.1 Å². The number of hydrogen-bond acceptors (Lipinski definition) is 4. The highest BCUT2D eigenvalue weighted by Gasteiger charge is 2.32. The van der Waals surface area contributed by atoms with Gasteiger partial charge in [0.1, 0.15) is 5.75 Å². The zero-order chi connectivity index (χ0) is 13.2. The van der Waals surface area contributed by atoms with Crippen LogP contribution < -0.4 is 0 Å². The van der Waals surface area contributed by atoms with Crippen molar-refractivity contribution in [2.75, 3.05) is 18.6 Å². The van der Waals surface area contributed by atoms with Crippen molar-refractivity contribution in [3.8, 4) is 0 Å². The maximum atomic E-state index is 11.6. The first-order chi connectivity index (χ1) is 7.73. The van der Waals surface area contributed by atoms with E-state index in [2.05, 4.69) is 0 Å². The van der Waals surface area contributed by atoms with Gasteiger partial charge in [-0.25, -0.2) is 8.42 Å². The molecule has 98 valence electrons. The van der Waals surface area contributed by atoms with Crippen LogP contribution in [0.4, 0.5) is 0 Å². The second-order valence-electron chi connectivity index (χ2n) is 4.53. The smallest absolute Gasteiger partial charge is 0.307 e. The van der Waals surface area contributed by atoms with Crippen LogP contribution >= 0.6 is 0 Å². The number of rotatable bonds is 6. The Kier molecular flexibility index (Phi) is 4.13. The molecule has 1 N–H and O–H groups in total. The van der Waals surface area contributed by atoms with E-state index in [-0.39, 0.29) is 6.04 Å². The average Bonchev–Trinajstić information content (AvgIpc) is 2.97. The molecule has 6 nitrogen and oxygen atoms in total. The number of nitrogens with zero attached hydrogens (tertiary/aromatic N) is 1. The average molecular weight is 263 g/mol. The number of sulfone groups is 1. The topological polar surface area (TPSA) is 91.8 Å². The highest BCUT2D eigenvalue weighted by atomic mass is 32.2. The van der Waals surface area contributed by atoms with Gasteiger partial charge in [-0.2, -0.15) is 0 Å². The fraction of sp³-hybridized carbons (Fsp3) is 0.800. The van der Waals surface area contributed by atoms with Gasteiger partial charge in [-0.3, -0.25) is 9.59 Å². The lowest BCUT2D eigenvalue weighted by atomic mass is 10.2. The maximum absolute atomic E-state index is 11.6. The number of aliphatic carboxylic acids is 1. The first-order valence-electron chi connectivity index (χ1n) is 5.42. The van der Waals surface area contributed by atoms with E-state index in [1.54, 1.807) is 7.05 Å². The molecule has 0 bridgehead atoms. The Morgan fingerprint density at radius 1 is 1.41 bits per heavy atom. The van der Waals surface area contributed by atoms with Crippen LogP contribution in [0.1, 0.15) is 19.8 Å². The molecule has 1 aliphatic rings. The van der Waals surface area contributed by atoms with Crippen LogP contribution in [0, 0.1) is 5.92 Å². The number of hydrogen-bond donors (Lipinski definition) is 1. The van der Waals surface area contributed by atoms with E-state index in [1.807, 2.05) is 0 Å². The van der Waals surface area contributed by atoms with Gasteiger partial charge in [0.05, 0.1) is 11.7 Å². The zero-order valence-corrected chi connectivity index (χ0v) is 10.7. The molecule has 1 rings (SSSR count). The monoisotopic (exact) mass is 263 g/mol. The van der Waals surface area contributed by atoms with Gasteiger partial charge in [0.25, 0.3) is 0 Å². The van der Waals surface area contributed by atoms with Crippen molar-refractivity contribution in [2.45, 2.75) is 25.8 Å². The number of amides is 1. The Labute approximate surface area is 101 Å². The minimum Gasteiger partial charge on any atom is -0.481 e. The summed E-state index contributed by atoms with van der Waals surface area (Å²) in [6.45, 7) is 1.31. The molecule has 0 radical (unpaired) electrons. The molecule has 7 heteroatoms. The van der Waals surface area contributed by atoms with Crippen LogP contribution in [0.3, 0.4) is 0 Å². The van der Waals surface area contributed by atoms with Gasteiger partial charge < -0.3 is 10.0 Å². The van der Waals surface area contributed by atoms with Crippen molar-refractivity contribution in [3.63, 3.8) is 0 Å². The van der Waals surface area contributed by atoms with Crippen molar-refractivity contribution in [1.82, 2.24) is 4.90 Å². The fourth-order valence-corrected chi connectivity index (χ4v) is 3.07. The maximum Gasteiger partial charge on any atom is 0.307 e. The number of carbonyl (C=O) groups is 2. The third kappa shape index (κ3) is 4.33. The van der Waals surface area contributed by atoms with Crippen LogP contribution in [0.5, 0.6) is 0 Å². The fourth-order valence-electron chi connectivity index (χ4n) is 1.47. The largest absolute Gasteiger partial charge is 0.481 e. The Bertz CT molecular complexity index is 412. The molecule has 1 saturated carbocycles. The van der Waals surface area contributed by atoms with Gasteiger partial charge in [-0.15, -0.1) is 0 Å². The van der Waals surface area contributed by atoms with Crippen LogP contribution in [0.2, 0.25) is 0 Å². The van der Waals surface area contributed by atoms with E-state index < -0.39 is 39.1 Å². The molecule has 0 aliphatic heterocycles. The van der Waals surface area contributed by atoms with E-state index in [9.17, 15) is 18.0 Å². The molecule has 0 aromatic rings. The van der Waals surface area contributed by atoms with Crippen LogP contribution in [0.25, 0.3) is 0 Å². The highest BCUT2D eigenvalue weighted by Crippen LogP contribution is 2.25. The number of carboxylic acids is 1. The molecule has 1 atom stereocenters. The Balaban J connectivity index is 2.53. The van der Waals surface area contributed by atoms with Crippen LogP contribution in [-0.4, -0.2) is 54.9 Å². The number of carboxylic acid groups (broad SMARTS) is 1. The summed E-state index contributed by atoms with van der Waals surface area (Å²) in [7, 11) is -2.07. The van der Waals surface area contributed by atoms with Gasteiger partial charge in [0.15, 0.2) is 9.84 Å². The molecule has 1 fully saturated rings. The van der Waals surface area contributed by atoms with Crippen LogP contribution in [0.15, 0.2) is 0 Å². The SMILES string of the molecule is CC(CS(=O)(=O)CC(=O)N(C)C1CC1)C(=O)O. The molecule has 0 aromatic heterocycles. The molecule has 1 amide bonds. The van der Waals surface area contributed by atoms with E-state index >= 15 is 0 Å². The lowest BCUT2D eigenvalue weighted by molar-refractivity contribution is -0.140. The van der Waals surface area contributed by atoms with E-state index in [4.69, 9.17) is 5.11 Å². The molecule has 0 heterocycles. The summed E-state index contributed by atoms with van der Waals surface area (Å²) < 4.78 is 23.2. The minimum atomic E-state index is -3.65. The third-order valence-corrected chi connectivity index (χ3v) is 4.45. The normalized spacial score (nSPS) is 17.5. The summed E-state index contributed by atoms with van der Waals surface area (Å²) in [5.74, 6) is -3.70. The van der Waals surface area contributed by atoms with Crippen LogP contribution in [-0.2, 0) is 19.4 Å². The summed E-state index contributed by atoms with van der Waals surface area (Å²) in [6.07, 6.45) is 1.82. The van der Waals surface area contributed by atoms with Gasteiger partial charge in [-0.05, 0) is 12.8 Å². The summed E-state index contributed by atoms with van der Waals surface area (Å²) in [5, 5.41) is 8.63. The second kappa shape index (κ2) is 5.03. The Morgan fingerprint density at radius 3 is 2.35 bits per heavy atom. The standard InChI is InChI=1S/C10H17NO5S/c1-7(10(13)14)5-17(15,16)6-9(12)11(2)8-3-4-8/h7-8H,3-6H2,1-2H3,(H,13,14). The van der Waals surface area contributed by atoms with Gasteiger partial charge in [0.2, 0.25) is 5.91 Å². The summed E-state index contributed by atoms with van der Waals surface area (Å²) in [6, 6.07) is 0.162. The van der Waals surface area contributed by atoms with E-state index in [0.717, 1.165) is 12.8 Å². The molecule has 17 heavy (non-hydrogen) atoms. The summed E-state index contributed by atoms with van der Waals surface area (Å²) >= 11 is 0. The molecule has 1 aliphatic carbocycles. The lowest BCUT2D eigenvalue weighted by Gasteiger charge is -2.16. The highest BCUT2D eigenvalue weighted by molar-refractivity contribution is 7.92. The molecule has 1 unspecified atom stereocenters. The predicted molar refractivity (Wildman–Crippen MR) is 61.2 cm³/mol. The summed E-state index contributed by atoms with van der Waals surface area (Å²) in [4.78, 5) is 23.6. The predicted octanol–water partition coefficient (Wildman–Crippen LogP) is -0.257. The number of carbonyl (C=O) groups excluding carboxylic acids is 1. The zero-order valence-electron chi connectivity index (χ0n) is 9.92. The minimum absolute atomic E-state index is 0.162. The van der Waals surface area contributed by atoms with E-state index in [1.165, 1.54) is 11.8 Å². The van der Waals surface area contributed by atoms with Gasteiger partial charge in [-0.1, -0.05) is 6.92 Å². The van der Waals surface area contributed by atoms with Crippen molar-refractivity contribution in [3.05, 3.63) is 0 Å². The molecule has 0 aromatic carbocycles. The van der Waals surface area contributed by atoms with E-state index in [0.29, 0.717) is 0 Å².